The Morgan fingerprint density at radius 3 is 2.42 bits per heavy atom. The molecule has 1 aromatic carbocycles. The van der Waals surface area contributed by atoms with Crippen molar-refractivity contribution in [2.24, 2.45) is 0 Å². The van der Waals surface area contributed by atoms with E-state index >= 15 is 0 Å². The largest absolute Gasteiger partial charge is 0.353 e. The molecule has 0 aromatic heterocycles. The van der Waals surface area contributed by atoms with Crippen LogP contribution in [0.15, 0.2) is 35.2 Å². The number of rotatable bonds is 6. The number of carbonyl (C=O) groups excluding carboxylic acids is 1. The average molecular weight is 284 g/mol. The molecule has 1 aromatic rings. The van der Waals surface area contributed by atoms with Gasteiger partial charge in [0.15, 0.2) is 0 Å². The summed E-state index contributed by atoms with van der Waals surface area (Å²) < 4.78 is 25.4. The van der Waals surface area contributed by atoms with Crippen LogP contribution in [0.25, 0.3) is 0 Å². The number of sulfonamides is 1. The van der Waals surface area contributed by atoms with Gasteiger partial charge in [-0.1, -0.05) is 25.1 Å². The molecule has 0 aliphatic heterocycles. The molecule has 0 saturated carbocycles. The molecule has 106 valence electrons. The quantitative estimate of drug-likeness (QED) is 0.854. The lowest BCUT2D eigenvalue weighted by Crippen LogP contribution is -2.41. The van der Waals surface area contributed by atoms with Crippen LogP contribution in [0.5, 0.6) is 0 Å². The monoisotopic (exact) mass is 284 g/mol. The number of nitrogens with zero attached hydrogens (tertiary/aromatic N) is 1. The van der Waals surface area contributed by atoms with E-state index in [1.54, 1.807) is 18.2 Å². The fourth-order valence-electron chi connectivity index (χ4n) is 1.48. The van der Waals surface area contributed by atoms with Crippen molar-refractivity contribution in [3.63, 3.8) is 0 Å². The van der Waals surface area contributed by atoms with Gasteiger partial charge in [0.05, 0.1) is 11.4 Å². The standard InChI is InChI=1S/C13H20N2O3S/c1-4-11(2)14-13(16)10-15(3)19(17,18)12-8-6-5-7-9-12/h5-9,11H,4,10H2,1-3H3,(H,14,16)/t11-/m0/s1. The van der Waals surface area contributed by atoms with Crippen molar-refractivity contribution in [1.82, 2.24) is 9.62 Å². The third-order valence-corrected chi connectivity index (χ3v) is 4.66. The van der Waals surface area contributed by atoms with Crippen LogP contribution in [-0.4, -0.2) is 38.3 Å². The van der Waals surface area contributed by atoms with E-state index in [9.17, 15) is 13.2 Å². The molecule has 1 rings (SSSR count). The maximum Gasteiger partial charge on any atom is 0.243 e. The summed E-state index contributed by atoms with van der Waals surface area (Å²) in [5.74, 6) is -0.295. The zero-order chi connectivity index (χ0) is 14.5. The lowest BCUT2D eigenvalue weighted by molar-refractivity contribution is -0.121. The van der Waals surface area contributed by atoms with Gasteiger partial charge in [-0.3, -0.25) is 4.79 Å². The van der Waals surface area contributed by atoms with Crippen molar-refractivity contribution in [3.05, 3.63) is 30.3 Å². The highest BCUT2D eigenvalue weighted by Crippen LogP contribution is 2.12. The molecule has 19 heavy (non-hydrogen) atoms. The molecule has 1 N–H and O–H groups in total. The normalized spacial score (nSPS) is 13.3. The molecule has 0 bridgehead atoms. The second-order valence-electron chi connectivity index (χ2n) is 4.45. The number of benzene rings is 1. The first kappa shape index (κ1) is 15.7. The van der Waals surface area contributed by atoms with Gasteiger partial charge in [-0.15, -0.1) is 0 Å². The highest BCUT2D eigenvalue weighted by molar-refractivity contribution is 7.89. The zero-order valence-corrected chi connectivity index (χ0v) is 12.3. The van der Waals surface area contributed by atoms with E-state index in [0.717, 1.165) is 10.7 Å². The molecular weight excluding hydrogens is 264 g/mol. The summed E-state index contributed by atoms with van der Waals surface area (Å²) in [4.78, 5) is 11.9. The minimum atomic E-state index is -3.60. The smallest absolute Gasteiger partial charge is 0.243 e. The van der Waals surface area contributed by atoms with Crippen molar-refractivity contribution in [1.29, 1.82) is 0 Å². The molecule has 0 fully saturated rings. The minimum Gasteiger partial charge on any atom is -0.353 e. The van der Waals surface area contributed by atoms with Crippen LogP contribution in [0.3, 0.4) is 0 Å². The molecule has 5 nitrogen and oxygen atoms in total. The van der Waals surface area contributed by atoms with Gasteiger partial charge in [-0.2, -0.15) is 4.31 Å². The Balaban J connectivity index is 2.73. The Bertz CT molecular complexity index is 514. The van der Waals surface area contributed by atoms with Crippen LogP contribution in [0, 0.1) is 0 Å². The van der Waals surface area contributed by atoms with Gasteiger partial charge in [0.1, 0.15) is 0 Å². The summed E-state index contributed by atoms with van der Waals surface area (Å²) in [6.07, 6.45) is 0.806. The molecule has 0 radical (unpaired) electrons. The second kappa shape index (κ2) is 6.68. The van der Waals surface area contributed by atoms with E-state index in [2.05, 4.69) is 5.32 Å². The van der Waals surface area contributed by atoms with Crippen LogP contribution in [-0.2, 0) is 14.8 Å². The third kappa shape index (κ3) is 4.33. The Kier molecular flexibility index (Phi) is 5.50. The summed E-state index contributed by atoms with van der Waals surface area (Å²) >= 11 is 0. The summed E-state index contributed by atoms with van der Waals surface area (Å²) in [7, 11) is -2.20. The predicted octanol–water partition coefficient (Wildman–Crippen LogP) is 1.22. The molecular formula is C13H20N2O3S. The van der Waals surface area contributed by atoms with Crippen LogP contribution in [0.4, 0.5) is 0 Å². The van der Waals surface area contributed by atoms with E-state index in [4.69, 9.17) is 0 Å². The van der Waals surface area contributed by atoms with Crippen molar-refractivity contribution in [2.45, 2.75) is 31.2 Å². The van der Waals surface area contributed by atoms with E-state index < -0.39 is 10.0 Å². The van der Waals surface area contributed by atoms with Crippen molar-refractivity contribution in [2.75, 3.05) is 13.6 Å². The summed E-state index contributed by atoms with van der Waals surface area (Å²) in [6, 6.07) is 8.12. The van der Waals surface area contributed by atoms with Crippen LogP contribution < -0.4 is 5.32 Å². The Morgan fingerprint density at radius 2 is 1.89 bits per heavy atom. The second-order valence-corrected chi connectivity index (χ2v) is 6.50. The van der Waals surface area contributed by atoms with E-state index in [0.29, 0.717) is 0 Å². The summed E-state index contributed by atoms with van der Waals surface area (Å²) in [6.45, 7) is 3.65. The molecule has 6 heteroatoms. The number of amides is 1. The van der Waals surface area contributed by atoms with E-state index in [1.807, 2.05) is 13.8 Å². The van der Waals surface area contributed by atoms with Crippen molar-refractivity contribution < 1.29 is 13.2 Å². The number of carbonyl (C=O) groups is 1. The van der Waals surface area contributed by atoms with Gasteiger partial charge in [0.25, 0.3) is 0 Å². The molecule has 0 heterocycles. The third-order valence-electron chi connectivity index (χ3n) is 2.84. The Labute approximate surface area is 114 Å². The fraction of sp³-hybridized carbons (Fsp3) is 0.462. The molecule has 0 spiro atoms. The first-order valence-corrected chi connectivity index (χ1v) is 7.62. The first-order chi connectivity index (χ1) is 8.87. The van der Waals surface area contributed by atoms with Gasteiger partial charge >= 0.3 is 0 Å². The molecule has 1 amide bonds. The van der Waals surface area contributed by atoms with Gasteiger partial charge in [0.2, 0.25) is 15.9 Å². The zero-order valence-electron chi connectivity index (χ0n) is 11.5. The number of hydrogen-bond donors (Lipinski definition) is 1. The lowest BCUT2D eigenvalue weighted by Gasteiger charge is -2.18. The molecule has 0 aliphatic carbocycles. The van der Waals surface area contributed by atoms with Gasteiger partial charge < -0.3 is 5.32 Å². The molecule has 1 atom stereocenters. The van der Waals surface area contributed by atoms with Crippen molar-refractivity contribution >= 4 is 15.9 Å². The van der Waals surface area contributed by atoms with Crippen LogP contribution >= 0.6 is 0 Å². The molecule has 0 aliphatic rings. The van der Waals surface area contributed by atoms with E-state index in [-0.39, 0.29) is 23.4 Å². The van der Waals surface area contributed by atoms with E-state index in [1.165, 1.54) is 19.2 Å². The number of hydrogen-bond acceptors (Lipinski definition) is 3. The van der Waals surface area contributed by atoms with Gasteiger partial charge in [-0.05, 0) is 25.5 Å². The first-order valence-electron chi connectivity index (χ1n) is 6.18. The minimum absolute atomic E-state index is 0.0420. The number of likely N-dealkylation sites (N-methyl/N-ethyl adjacent to an activating group) is 1. The van der Waals surface area contributed by atoms with Crippen LogP contribution in [0.1, 0.15) is 20.3 Å². The topological polar surface area (TPSA) is 66.5 Å². The SMILES string of the molecule is CC[C@H](C)NC(=O)CN(C)S(=O)(=O)c1ccccc1. The van der Waals surface area contributed by atoms with Gasteiger partial charge in [-0.25, -0.2) is 8.42 Å². The lowest BCUT2D eigenvalue weighted by atomic mass is 10.2. The predicted molar refractivity (Wildman–Crippen MR) is 74.2 cm³/mol. The van der Waals surface area contributed by atoms with Crippen LogP contribution in [0.2, 0.25) is 0 Å². The van der Waals surface area contributed by atoms with Crippen molar-refractivity contribution in [3.8, 4) is 0 Å². The number of nitrogens with one attached hydrogen (secondary N) is 1. The highest BCUT2D eigenvalue weighted by atomic mass is 32.2. The summed E-state index contributed by atoms with van der Waals surface area (Å²) in [5.41, 5.74) is 0. The maximum atomic E-state index is 12.2. The average Bonchev–Trinajstić information content (AvgIpc) is 2.39. The summed E-state index contributed by atoms with van der Waals surface area (Å²) in [5, 5.41) is 2.74. The Hall–Kier alpha value is -1.40. The maximum absolute atomic E-state index is 12.2. The van der Waals surface area contributed by atoms with Gasteiger partial charge in [0, 0.05) is 13.1 Å². The molecule has 0 saturated heterocycles. The fourth-order valence-corrected chi connectivity index (χ4v) is 2.63. The Morgan fingerprint density at radius 1 is 1.32 bits per heavy atom. The molecule has 0 unspecified atom stereocenters. The highest BCUT2D eigenvalue weighted by Gasteiger charge is 2.22.